The maximum absolute atomic E-state index is 6.09. The van der Waals surface area contributed by atoms with E-state index >= 15 is 0 Å². The molecular formula is C15H34N2O. The van der Waals surface area contributed by atoms with Crippen molar-refractivity contribution in [3.63, 3.8) is 0 Å². The Hall–Kier alpha value is -0.120. The molecule has 0 amide bonds. The molecule has 0 radical (unpaired) electrons. The SMILES string of the molecule is CCC(CC)N(CCOC)C(C)(CN)CC(C)C. The standard InChI is InChI=1S/C15H34N2O/c1-7-14(8-2)17(9-10-18-6)15(5,12-16)11-13(3)4/h13-14H,7-12,16H2,1-6H3. The van der Waals surface area contributed by atoms with Crippen LogP contribution in [0, 0.1) is 5.92 Å². The maximum atomic E-state index is 6.09. The molecule has 0 fully saturated rings. The molecule has 0 spiro atoms. The third kappa shape index (κ3) is 5.25. The van der Waals surface area contributed by atoms with E-state index in [4.69, 9.17) is 10.5 Å². The van der Waals surface area contributed by atoms with Crippen molar-refractivity contribution in [2.45, 2.75) is 65.5 Å². The molecule has 2 N–H and O–H groups in total. The molecule has 1 unspecified atom stereocenters. The molecule has 0 aliphatic heterocycles. The summed E-state index contributed by atoms with van der Waals surface area (Å²) in [6.07, 6.45) is 3.49. The molecule has 0 bridgehead atoms. The van der Waals surface area contributed by atoms with Gasteiger partial charge in [-0.05, 0) is 32.1 Å². The van der Waals surface area contributed by atoms with E-state index in [2.05, 4.69) is 39.5 Å². The lowest BCUT2D eigenvalue weighted by Crippen LogP contribution is -2.57. The molecule has 0 aromatic rings. The van der Waals surface area contributed by atoms with Crippen LogP contribution in [0.5, 0.6) is 0 Å². The molecule has 0 aliphatic carbocycles. The molecule has 110 valence electrons. The highest BCUT2D eigenvalue weighted by Gasteiger charge is 2.34. The highest BCUT2D eigenvalue weighted by Crippen LogP contribution is 2.27. The zero-order chi connectivity index (χ0) is 14.2. The van der Waals surface area contributed by atoms with Crippen molar-refractivity contribution in [3.8, 4) is 0 Å². The number of methoxy groups -OCH3 is 1. The van der Waals surface area contributed by atoms with Crippen molar-refractivity contribution in [2.24, 2.45) is 11.7 Å². The van der Waals surface area contributed by atoms with Gasteiger partial charge in [0.15, 0.2) is 0 Å². The molecule has 0 aromatic heterocycles. The van der Waals surface area contributed by atoms with E-state index in [-0.39, 0.29) is 5.54 Å². The van der Waals surface area contributed by atoms with Crippen molar-refractivity contribution in [1.29, 1.82) is 0 Å². The van der Waals surface area contributed by atoms with E-state index < -0.39 is 0 Å². The average molecular weight is 258 g/mol. The minimum atomic E-state index is 0.0867. The van der Waals surface area contributed by atoms with Gasteiger partial charge in [0, 0.05) is 31.8 Å². The van der Waals surface area contributed by atoms with Gasteiger partial charge in [-0.15, -0.1) is 0 Å². The molecule has 3 nitrogen and oxygen atoms in total. The minimum Gasteiger partial charge on any atom is -0.383 e. The first-order chi connectivity index (χ1) is 8.45. The Morgan fingerprint density at radius 2 is 1.78 bits per heavy atom. The number of nitrogens with zero attached hydrogens (tertiary/aromatic N) is 1. The second kappa shape index (κ2) is 8.89. The van der Waals surface area contributed by atoms with Crippen LogP contribution in [0.2, 0.25) is 0 Å². The molecule has 18 heavy (non-hydrogen) atoms. The predicted molar refractivity (Wildman–Crippen MR) is 79.9 cm³/mol. The summed E-state index contributed by atoms with van der Waals surface area (Å²) in [5, 5.41) is 0. The van der Waals surface area contributed by atoms with Crippen LogP contribution in [0.3, 0.4) is 0 Å². The number of hydrogen-bond acceptors (Lipinski definition) is 3. The van der Waals surface area contributed by atoms with Gasteiger partial charge in [-0.25, -0.2) is 0 Å². The van der Waals surface area contributed by atoms with Crippen LogP contribution in [0.1, 0.15) is 53.9 Å². The Labute approximate surface area is 114 Å². The fourth-order valence-corrected chi connectivity index (χ4v) is 3.01. The summed E-state index contributed by atoms with van der Waals surface area (Å²) in [6.45, 7) is 13.9. The highest BCUT2D eigenvalue weighted by molar-refractivity contribution is 4.91. The molecule has 0 aliphatic rings. The lowest BCUT2D eigenvalue weighted by molar-refractivity contribution is 0.0179. The van der Waals surface area contributed by atoms with Gasteiger partial charge < -0.3 is 10.5 Å². The van der Waals surface area contributed by atoms with E-state index in [1.807, 2.05) is 0 Å². The van der Waals surface area contributed by atoms with Crippen LogP contribution < -0.4 is 5.73 Å². The van der Waals surface area contributed by atoms with Crippen LogP contribution in [-0.4, -0.2) is 43.3 Å². The van der Waals surface area contributed by atoms with Gasteiger partial charge in [-0.2, -0.15) is 0 Å². The maximum Gasteiger partial charge on any atom is 0.0590 e. The number of nitrogens with two attached hydrogens (primary N) is 1. The Morgan fingerprint density at radius 1 is 1.22 bits per heavy atom. The zero-order valence-electron chi connectivity index (χ0n) is 13.3. The predicted octanol–water partition coefficient (Wildman–Crippen LogP) is 2.89. The first-order valence-electron chi connectivity index (χ1n) is 7.40. The Bertz CT molecular complexity index is 205. The molecular weight excluding hydrogens is 224 g/mol. The third-order valence-corrected chi connectivity index (χ3v) is 3.90. The summed E-state index contributed by atoms with van der Waals surface area (Å²) in [6, 6.07) is 0.604. The highest BCUT2D eigenvalue weighted by atomic mass is 16.5. The largest absolute Gasteiger partial charge is 0.383 e. The first-order valence-corrected chi connectivity index (χ1v) is 7.40. The number of rotatable bonds is 10. The van der Waals surface area contributed by atoms with E-state index in [1.54, 1.807) is 7.11 Å². The zero-order valence-corrected chi connectivity index (χ0v) is 13.3. The van der Waals surface area contributed by atoms with Crippen molar-refractivity contribution in [1.82, 2.24) is 4.90 Å². The summed E-state index contributed by atoms with van der Waals surface area (Å²) >= 11 is 0. The van der Waals surface area contributed by atoms with Gasteiger partial charge in [0.25, 0.3) is 0 Å². The van der Waals surface area contributed by atoms with E-state index in [0.717, 1.165) is 19.6 Å². The van der Waals surface area contributed by atoms with Gasteiger partial charge >= 0.3 is 0 Å². The van der Waals surface area contributed by atoms with E-state index in [0.29, 0.717) is 18.5 Å². The molecule has 0 rings (SSSR count). The Morgan fingerprint density at radius 3 is 2.11 bits per heavy atom. The summed E-state index contributed by atoms with van der Waals surface area (Å²) in [5.74, 6) is 0.665. The monoisotopic (exact) mass is 258 g/mol. The molecule has 0 saturated heterocycles. The van der Waals surface area contributed by atoms with Crippen LogP contribution in [0.25, 0.3) is 0 Å². The van der Waals surface area contributed by atoms with E-state index in [1.165, 1.54) is 12.8 Å². The van der Waals surface area contributed by atoms with Crippen molar-refractivity contribution >= 4 is 0 Å². The van der Waals surface area contributed by atoms with Crippen molar-refractivity contribution in [3.05, 3.63) is 0 Å². The van der Waals surface area contributed by atoms with Crippen LogP contribution in [0.15, 0.2) is 0 Å². The molecule has 3 heteroatoms. The van der Waals surface area contributed by atoms with Gasteiger partial charge in [0.05, 0.1) is 6.61 Å². The molecule has 0 saturated carbocycles. The van der Waals surface area contributed by atoms with Gasteiger partial charge in [-0.3, -0.25) is 4.90 Å². The number of hydrogen-bond donors (Lipinski definition) is 1. The fourth-order valence-electron chi connectivity index (χ4n) is 3.01. The van der Waals surface area contributed by atoms with Crippen molar-refractivity contribution in [2.75, 3.05) is 26.8 Å². The lowest BCUT2D eigenvalue weighted by atomic mass is 9.87. The Balaban J connectivity index is 4.96. The number of ether oxygens (including phenoxy) is 1. The Kier molecular flexibility index (Phi) is 8.83. The average Bonchev–Trinajstić information content (AvgIpc) is 2.33. The lowest BCUT2D eigenvalue weighted by Gasteiger charge is -2.46. The summed E-state index contributed by atoms with van der Waals surface area (Å²) in [5.41, 5.74) is 6.18. The normalized spacial score (nSPS) is 15.7. The summed E-state index contributed by atoms with van der Waals surface area (Å²) in [7, 11) is 1.77. The molecule has 1 atom stereocenters. The molecule has 0 aromatic carbocycles. The topological polar surface area (TPSA) is 38.5 Å². The van der Waals surface area contributed by atoms with Crippen LogP contribution >= 0.6 is 0 Å². The fraction of sp³-hybridized carbons (Fsp3) is 1.00. The molecule has 0 heterocycles. The van der Waals surface area contributed by atoms with Crippen LogP contribution in [-0.2, 0) is 4.74 Å². The summed E-state index contributed by atoms with van der Waals surface area (Å²) in [4.78, 5) is 2.58. The second-order valence-corrected chi connectivity index (χ2v) is 5.96. The summed E-state index contributed by atoms with van der Waals surface area (Å²) < 4.78 is 5.27. The van der Waals surface area contributed by atoms with E-state index in [9.17, 15) is 0 Å². The van der Waals surface area contributed by atoms with Gasteiger partial charge in [-0.1, -0.05) is 27.7 Å². The second-order valence-electron chi connectivity index (χ2n) is 5.96. The smallest absolute Gasteiger partial charge is 0.0590 e. The first kappa shape index (κ1) is 17.9. The van der Waals surface area contributed by atoms with Crippen LogP contribution in [0.4, 0.5) is 0 Å². The van der Waals surface area contributed by atoms with Gasteiger partial charge in [0.2, 0.25) is 0 Å². The quantitative estimate of drug-likeness (QED) is 0.655. The van der Waals surface area contributed by atoms with Gasteiger partial charge in [0.1, 0.15) is 0 Å². The van der Waals surface area contributed by atoms with Crippen molar-refractivity contribution < 1.29 is 4.74 Å². The minimum absolute atomic E-state index is 0.0867. The third-order valence-electron chi connectivity index (χ3n) is 3.90.